The molecule has 34 heavy (non-hydrogen) atoms. The van der Waals surface area contributed by atoms with Crippen LogP contribution in [-0.2, 0) is 9.59 Å². The van der Waals surface area contributed by atoms with E-state index in [4.69, 9.17) is 23.8 Å². The van der Waals surface area contributed by atoms with Gasteiger partial charge in [0.25, 0.3) is 5.91 Å². The molecule has 3 aromatic rings. The quantitative estimate of drug-likeness (QED) is 0.410. The van der Waals surface area contributed by atoms with Crippen LogP contribution in [0, 0.1) is 6.92 Å². The average molecular weight is 471 g/mol. The maximum absolute atomic E-state index is 12.6. The second-order valence-electron chi connectivity index (χ2n) is 7.64. The van der Waals surface area contributed by atoms with Gasteiger partial charge in [0.2, 0.25) is 0 Å². The number of nitrogens with one attached hydrogen (secondary N) is 1. The van der Waals surface area contributed by atoms with E-state index in [0.717, 1.165) is 16.7 Å². The van der Waals surface area contributed by atoms with Gasteiger partial charge in [-0.1, -0.05) is 11.2 Å². The van der Waals surface area contributed by atoms with Crippen molar-refractivity contribution >= 4 is 17.6 Å². The largest absolute Gasteiger partial charge is 0.495 e. The number of benzene rings is 2. The number of aryl methyl sites for hydroxylation is 1. The fourth-order valence-corrected chi connectivity index (χ4v) is 3.58. The predicted molar refractivity (Wildman–Crippen MR) is 124 cm³/mol. The van der Waals surface area contributed by atoms with Crippen LogP contribution in [0.2, 0.25) is 0 Å². The maximum atomic E-state index is 12.6. The molecule has 10 nitrogen and oxygen atoms in total. The van der Waals surface area contributed by atoms with E-state index in [1.807, 2.05) is 25.1 Å². The zero-order chi connectivity index (χ0) is 24.8. The summed E-state index contributed by atoms with van der Waals surface area (Å²) in [7, 11) is 4.64. The molecule has 1 amide bonds. The molecule has 1 atom stereocenters. The number of rotatable bonds is 10. The molecule has 1 aromatic heterocycles. The Morgan fingerprint density at radius 3 is 2.47 bits per heavy atom. The Labute approximate surface area is 196 Å². The molecule has 2 aromatic carbocycles. The molecule has 0 radical (unpaired) electrons. The van der Waals surface area contributed by atoms with Gasteiger partial charge < -0.3 is 34.9 Å². The number of nitrogens with zero attached hydrogens (tertiary/aromatic N) is 1. The highest BCUT2D eigenvalue weighted by molar-refractivity contribution is 5.96. The first-order chi connectivity index (χ1) is 16.3. The number of aromatic nitrogens is 1. The van der Waals surface area contributed by atoms with Gasteiger partial charge in [-0.2, -0.15) is 0 Å². The van der Waals surface area contributed by atoms with Gasteiger partial charge in [-0.05, 0) is 42.3 Å². The fraction of sp³-hybridized carbons (Fsp3) is 0.292. The van der Waals surface area contributed by atoms with Gasteiger partial charge in [-0.15, -0.1) is 0 Å². The number of carbonyl (C=O) groups excluding carboxylic acids is 1. The summed E-state index contributed by atoms with van der Waals surface area (Å²) in [6.07, 6.45) is 1.50. The molecule has 5 N–H and O–H groups in total. The molecule has 1 unspecified atom stereocenters. The van der Waals surface area contributed by atoms with Gasteiger partial charge in [0, 0.05) is 17.5 Å². The Bertz CT molecular complexity index is 1190. The van der Waals surface area contributed by atoms with E-state index in [9.17, 15) is 9.59 Å². The Hall–Kier alpha value is -4.05. The number of ether oxygens (including phenoxy) is 3. The summed E-state index contributed by atoms with van der Waals surface area (Å²) in [5.41, 5.74) is 7.84. The molecule has 0 spiro atoms. The first kappa shape index (κ1) is 24.6. The molecule has 0 fully saturated rings. The zero-order valence-corrected chi connectivity index (χ0v) is 19.5. The monoisotopic (exact) mass is 470 g/mol. The van der Waals surface area contributed by atoms with Gasteiger partial charge >= 0.3 is 5.97 Å². The molecular formula is C24H28N3O7+. The number of hydrogen-bond donors (Lipinski definition) is 3. The number of hydrogen-bond acceptors (Lipinski definition) is 7. The Balaban J connectivity index is 1.96. The fourth-order valence-electron chi connectivity index (χ4n) is 3.58. The van der Waals surface area contributed by atoms with Gasteiger partial charge in [0.15, 0.2) is 17.5 Å². The number of amides is 1. The van der Waals surface area contributed by atoms with Crippen molar-refractivity contribution in [2.45, 2.75) is 25.8 Å². The standard InChI is InChI=1S/C24H27N3O7/c1-13-9-15(11-20(32-3)23(13)33-4)22-16(12-34-27-22)14-5-7-19(31-2)18(10-14)26-24(30)17(25)6-8-21(28)29/h5,7,9-12,17H,6,8,25H2,1-4H3,(H,26,30)(H,28,29)/p+1. The van der Waals surface area contributed by atoms with Crippen molar-refractivity contribution in [2.24, 2.45) is 0 Å². The van der Waals surface area contributed by atoms with Crippen LogP contribution < -0.4 is 25.3 Å². The normalized spacial score (nSPS) is 11.6. The van der Waals surface area contributed by atoms with Crippen molar-refractivity contribution in [3.8, 4) is 39.6 Å². The molecule has 0 aliphatic rings. The number of methoxy groups -OCH3 is 3. The highest BCUT2D eigenvalue weighted by Crippen LogP contribution is 2.40. The van der Waals surface area contributed by atoms with Gasteiger partial charge in [-0.3, -0.25) is 9.59 Å². The van der Waals surface area contributed by atoms with Crippen LogP contribution in [0.4, 0.5) is 5.69 Å². The number of quaternary nitrogens is 1. The SMILES string of the molecule is COc1ccc(-c2conc2-c2cc(C)c(OC)c(OC)c2)cc1NC(=O)C([NH3+])CCC(=O)O. The van der Waals surface area contributed by atoms with Crippen LogP contribution in [-0.4, -0.2) is 49.5 Å². The first-order valence-corrected chi connectivity index (χ1v) is 10.5. The van der Waals surface area contributed by atoms with E-state index < -0.39 is 17.9 Å². The molecule has 0 saturated heterocycles. The molecule has 0 bridgehead atoms. The summed E-state index contributed by atoms with van der Waals surface area (Å²) in [6, 6.07) is 8.29. The number of carboxylic acids is 1. The summed E-state index contributed by atoms with van der Waals surface area (Å²) in [6.45, 7) is 1.91. The minimum Gasteiger partial charge on any atom is -0.495 e. The van der Waals surface area contributed by atoms with Gasteiger partial charge in [0.05, 0.1) is 33.4 Å². The average Bonchev–Trinajstić information content (AvgIpc) is 3.31. The molecule has 0 saturated carbocycles. The molecule has 180 valence electrons. The van der Waals surface area contributed by atoms with Crippen molar-refractivity contribution in [3.05, 3.63) is 42.2 Å². The number of carbonyl (C=O) groups is 2. The maximum Gasteiger partial charge on any atom is 0.303 e. The van der Waals surface area contributed by atoms with E-state index in [-0.39, 0.29) is 12.8 Å². The number of aliphatic carboxylic acids is 1. The van der Waals surface area contributed by atoms with Gasteiger partial charge in [0.1, 0.15) is 17.7 Å². The molecule has 1 heterocycles. The predicted octanol–water partition coefficient (Wildman–Crippen LogP) is 2.76. The van der Waals surface area contributed by atoms with Crippen LogP contribution >= 0.6 is 0 Å². The Morgan fingerprint density at radius 2 is 1.82 bits per heavy atom. The summed E-state index contributed by atoms with van der Waals surface area (Å²) < 4.78 is 21.6. The van der Waals surface area contributed by atoms with Crippen molar-refractivity contribution < 1.29 is 39.2 Å². The number of anilines is 1. The summed E-state index contributed by atoms with van der Waals surface area (Å²) >= 11 is 0. The van der Waals surface area contributed by atoms with Crippen molar-refractivity contribution in [1.82, 2.24) is 5.16 Å². The molecule has 0 aliphatic heterocycles. The first-order valence-electron chi connectivity index (χ1n) is 10.5. The van der Waals surface area contributed by atoms with E-state index in [1.165, 1.54) is 13.4 Å². The van der Waals surface area contributed by atoms with Crippen LogP contribution in [0.25, 0.3) is 22.4 Å². The third kappa shape index (κ3) is 5.29. The molecular weight excluding hydrogens is 442 g/mol. The van der Waals surface area contributed by atoms with Crippen LogP contribution in [0.5, 0.6) is 17.2 Å². The van der Waals surface area contributed by atoms with Crippen LogP contribution in [0.1, 0.15) is 18.4 Å². The summed E-state index contributed by atoms with van der Waals surface area (Å²) in [5.74, 6) is 0.264. The lowest BCUT2D eigenvalue weighted by Crippen LogP contribution is -2.66. The Kier molecular flexibility index (Phi) is 7.75. The van der Waals surface area contributed by atoms with Crippen molar-refractivity contribution in [1.29, 1.82) is 0 Å². The van der Waals surface area contributed by atoms with Crippen LogP contribution in [0.15, 0.2) is 41.1 Å². The molecule has 3 rings (SSSR count). The van der Waals surface area contributed by atoms with E-state index in [1.54, 1.807) is 26.4 Å². The third-order valence-electron chi connectivity index (χ3n) is 5.35. The Morgan fingerprint density at radius 1 is 1.09 bits per heavy atom. The smallest absolute Gasteiger partial charge is 0.303 e. The molecule has 0 aliphatic carbocycles. The lowest BCUT2D eigenvalue weighted by atomic mass is 9.99. The summed E-state index contributed by atoms with van der Waals surface area (Å²) in [4.78, 5) is 23.4. The zero-order valence-electron chi connectivity index (χ0n) is 19.5. The minimum atomic E-state index is -0.980. The van der Waals surface area contributed by atoms with E-state index in [0.29, 0.717) is 34.2 Å². The minimum absolute atomic E-state index is 0.123. The highest BCUT2D eigenvalue weighted by atomic mass is 16.5. The van der Waals surface area contributed by atoms with Crippen LogP contribution in [0.3, 0.4) is 0 Å². The lowest BCUT2D eigenvalue weighted by molar-refractivity contribution is -0.403. The molecule has 10 heteroatoms. The topological polar surface area (TPSA) is 148 Å². The van der Waals surface area contributed by atoms with Crippen molar-refractivity contribution in [3.63, 3.8) is 0 Å². The van der Waals surface area contributed by atoms with E-state index in [2.05, 4.69) is 16.2 Å². The number of carboxylic acid groups (broad SMARTS) is 1. The van der Waals surface area contributed by atoms with Gasteiger partial charge in [-0.25, -0.2) is 0 Å². The second kappa shape index (κ2) is 10.7. The van der Waals surface area contributed by atoms with Crippen molar-refractivity contribution in [2.75, 3.05) is 26.6 Å². The van der Waals surface area contributed by atoms with E-state index >= 15 is 0 Å². The highest BCUT2D eigenvalue weighted by Gasteiger charge is 2.22. The lowest BCUT2D eigenvalue weighted by Gasteiger charge is -2.14. The summed E-state index contributed by atoms with van der Waals surface area (Å²) in [5, 5.41) is 15.8. The second-order valence-corrected chi connectivity index (χ2v) is 7.64. The third-order valence-corrected chi connectivity index (χ3v) is 5.35.